The van der Waals surface area contributed by atoms with Gasteiger partial charge in [0.15, 0.2) is 0 Å². The summed E-state index contributed by atoms with van der Waals surface area (Å²) in [5, 5.41) is 0.357. The van der Waals surface area contributed by atoms with Gasteiger partial charge in [0.05, 0.1) is 17.4 Å². The maximum absolute atomic E-state index is 12.0. The van der Waals surface area contributed by atoms with Crippen LogP contribution in [0.2, 0.25) is 0 Å². The number of rotatable bonds is 4. The minimum Gasteiger partial charge on any atom is -0.491 e. The zero-order chi connectivity index (χ0) is 17.3. The van der Waals surface area contributed by atoms with Gasteiger partial charge in [-0.25, -0.2) is 9.59 Å². The van der Waals surface area contributed by atoms with Gasteiger partial charge in [-0.2, -0.15) is 0 Å². The first-order valence-electron chi connectivity index (χ1n) is 7.49. The molecule has 1 heterocycles. The smallest absolute Gasteiger partial charge is 0.422 e. The van der Waals surface area contributed by atoms with E-state index in [-0.39, 0.29) is 6.54 Å². The molecule has 0 atom stereocenters. The summed E-state index contributed by atoms with van der Waals surface area (Å²) >= 11 is 3.31. The molecule has 0 aliphatic rings. The average Bonchev–Trinajstić information content (AvgIpc) is 2.54. The van der Waals surface area contributed by atoms with Crippen molar-refractivity contribution in [1.29, 1.82) is 0 Å². The predicted molar refractivity (Wildman–Crippen MR) is 95.9 cm³/mol. The summed E-state index contributed by atoms with van der Waals surface area (Å²) in [5.41, 5.74) is 2.03. The van der Waals surface area contributed by atoms with Crippen molar-refractivity contribution in [2.45, 2.75) is 20.4 Å². The Morgan fingerprint density at radius 1 is 1.12 bits per heavy atom. The van der Waals surface area contributed by atoms with Gasteiger partial charge >= 0.3 is 11.4 Å². The Morgan fingerprint density at radius 2 is 1.92 bits per heavy atom. The van der Waals surface area contributed by atoms with E-state index in [1.165, 1.54) is 4.57 Å². The van der Waals surface area contributed by atoms with Crippen molar-refractivity contribution < 1.29 is 9.15 Å². The molecule has 24 heavy (non-hydrogen) atoms. The second-order valence-electron chi connectivity index (χ2n) is 5.59. The standard InChI is InChI=1S/C18H16BrNO4/c1-11-3-4-12(2)16(9-11)23-8-7-20-15-6-5-13(19)10-14(15)17(21)24-18(20)22/h3-6,9-10H,7-8H2,1-2H3. The summed E-state index contributed by atoms with van der Waals surface area (Å²) in [6.45, 7) is 4.54. The van der Waals surface area contributed by atoms with Crippen molar-refractivity contribution in [3.05, 3.63) is 73.0 Å². The number of ether oxygens (including phenoxy) is 1. The highest BCUT2D eigenvalue weighted by Crippen LogP contribution is 2.19. The van der Waals surface area contributed by atoms with Crippen molar-refractivity contribution in [2.24, 2.45) is 0 Å². The van der Waals surface area contributed by atoms with Crippen LogP contribution in [0.3, 0.4) is 0 Å². The molecule has 0 unspecified atom stereocenters. The molecule has 5 nitrogen and oxygen atoms in total. The highest BCUT2D eigenvalue weighted by Gasteiger charge is 2.10. The normalized spacial score (nSPS) is 11.0. The van der Waals surface area contributed by atoms with Gasteiger partial charge in [0.1, 0.15) is 12.4 Å². The van der Waals surface area contributed by atoms with Crippen LogP contribution < -0.4 is 16.1 Å². The Hall–Kier alpha value is -2.34. The summed E-state index contributed by atoms with van der Waals surface area (Å²) in [5.74, 6) is 0.104. The van der Waals surface area contributed by atoms with Gasteiger partial charge in [0.25, 0.3) is 0 Å². The number of aromatic nitrogens is 1. The fourth-order valence-electron chi connectivity index (χ4n) is 2.52. The summed E-state index contributed by atoms with van der Waals surface area (Å²) < 4.78 is 12.7. The zero-order valence-electron chi connectivity index (χ0n) is 13.3. The van der Waals surface area contributed by atoms with E-state index >= 15 is 0 Å². The molecule has 3 rings (SSSR count). The van der Waals surface area contributed by atoms with Gasteiger partial charge in [-0.15, -0.1) is 0 Å². The van der Waals surface area contributed by atoms with Crippen LogP contribution in [-0.4, -0.2) is 11.2 Å². The van der Waals surface area contributed by atoms with Crippen LogP contribution in [0.15, 0.2) is 54.9 Å². The van der Waals surface area contributed by atoms with Gasteiger partial charge in [0, 0.05) is 4.47 Å². The van der Waals surface area contributed by atoms with Crippen molar-refractivity contribution in [2.75, 3.05) is 6.61 Å². The van der Waals surface area contributed by atoms with E-state index in [1.807, 2.05) is 32.0 Å². The van der Waals surface area contributed by atoms with E-state index in [1.54, 1.807) is 18.2 Å². The summed E-state index contributed by atoms with van der Waals surface area (Å²) in [7, 11) is 0. The fourth-order valence-corrected chi connectivity index (χ4v) is 2.88. The molecule has 0 fully saturated rings. The predicted octanol–water partition coefficient (Wildman–Crippen LogP) is 3.41. The summed E-state index contributed by atoms with van der Waals surface area (Å²) in [6.07, 6.45) is 0. The second-order valence-corrected chi connectivity index (χ2v) is 6.50. The minimum absolute atomic E-state index is 0.286. The average molecular weight is 390 g/mol. The van der Waals surface area contributed by atoms with Gasteiger partial charge in [-0.05, 0) is 49.2 Å². The molecule has 0 saturated carbocycles. The van der Waals surface area contributed by atoms with Crippen molar-refractivity contribution in [1.82, 2.24) is 4.57 Å². The number of benzene rings is 2. The Balaban J connectivity index is 1.89. The molecule has 124 valence electrons. The Kier molecular flexibility index (Phi) is 4.57. The first-order valence-corrected chi connectivity index (χ1v) is 8.28. The molecule has 0 saturated heterocycles. The van der Waals surface area contributed by atoms with Crippen LogP contribution in [-0.2, 0) is 6.54 Å². The first-order chi connectivity index (χ1) is 11.5. The maximum Gasteiger partial charge on any atom is 0.422 e. The Bertz CT molecular complexity index is 1020. The molecular formula is C18H16BrNO4. The third kappa shape index (κ3) is 3.28. The van der Waals surface area contributed by atoms with Gasteiger partial charge in [-0.3, -0.25) is 4.57 Å². The van der Waals surface area contributed by atoms with Crippen LogP contribution in [0.25, 0.3) is 10.9 Å². The number of hydrogen-bond acceptors (Lipinski definition) is 4. The largest absolute Gasteiger partial charge is 0.491 e. The van der Waals surface area contributed by atoms with E-state index in [9.17, 15) is 9.59 Å². The van der Waals surface area contributed by atoms with Gasteiger partial charge < -0.3 is 9.15 Å². The molecule has 0 amide bonds. The molecule has 3 aromatic rings. The van der Waals surface area contributed by atoms with Crippen LogP contribution in [0, 0.1) is 13.8 Å². The van der Waals surface area contributed by atoms with E-state index in [4.69, 9.17) is 9.15 Å². The third-order valence-corrected chi connectivity index (χ3v) is 4.28. The molecule has 1 aromatic heterocycles. The van der Waals surface area contributed by atoms with E-state index in [0.29, 0.717) is 17.5 Å². The number of fused-ring (bicyclic) bond motifs is 1. The highest BCUT2D eigenvalue weighted by atomic mass is 79.9. The lowest BCUT2D eigenvalue weighted by Gasteiger charge is -2.12. The SMILES string of the molecule is Cc1ccc(C)c(OCCn2c(=O)oc(=O)c3cc(Br)ccc32)c1. The lowest BCUT2D eigenvalue weighted by molar-refractivity contribution is 0.285. The first kappa shape index (κ1) is 16.5. The number of halogens is 1. The van der Waals surface area contributed by atoms with Crippen LogP contribution in [0.1, 0.15) is 11.1 Å². The quantitative estimate of drug-likeness (QED) is 0.685. The summed E-state index contributed by atoms with van der Waals surface area (Å²) in [4.78, 5) is 23.9. The van der Waals surface area contributed by atoms with E-state index < -0.39 is 11.4 Å². The second kappa shape index (κ2) is 6.65. The number of nitrogens with zero attached hydrogens (tertiary/aromatic N) is 1. The molecule has 0 aliphatic carbocycles. The number of hydrogen-bond donors (Lipinski definition) is 0. The highest BCUT2D eigenvalue weighted by molar-refractivity contribution is 9.10. The Labute approximate surface area is 146 Å². The molecule has 2 aromatic carbocycles. The van der Waals surface area contributed by atoms with Crippen LogP contribution >= 0.6 is 15.9 Å². The van der Waals surface area contributed by atoms with Crippen LogP contribution in [0.5, 0.6) is 5.75 Å². The molecule has 0 radical (unpaired) electrons. The van der Waals surface area contributed by atoms with Crippen molar-refractivity contribution >= 4 is 26.8 Å². The topological polar surface area (TPSA) is 61.4 Å². The van der Waals surface area contributed by atoms with E-state index in [2.05, 4.69) is 15.9 Å². The third-order valence-electron chi connectivity index (χ3n) is 3.79. The molecule has 6 heteroatoms. The van der Waals surface area contributed by atoms with E-state index in [0.717, 1.165) is 21.3 Å². The monoisotopic (exact) mass is 389 g/mol. The lowest BCUT2D eigenvalue weighted by Crippen LogP contribution is -2.27. The number of aryl methyl sites for hydroxylation is 2. The lowest BCUT2D eigenvalue weighted by atomic mass is 10.1. The van der Waals surface area contributed by atoms with Crippen molar-refractivity contribution in [3.63, 3.8) is 0 Å². The molecule has 0 N–H and O–H groups in total. The zero-order valence-corrected chi connectivity index (χ0v) is 14.9. The van der Waals surface area contributed by atoms with Gasteiger partial charge in [-0.1, -0.05) is 28.1 Å². The Morgan fingerprint density at radius 3 is 2.71 bits per heavy atom. The maximum atomic E-state index is 12.0. The fraction of sp³-hybridized carbons (Fsp3) is 0.222. The molecule has 0 bridgehead atoms. The van der Waals surface area contributed by atoms with Crippen molar-refractivity contribution in [3.8, 4) is 5.75 Å². The minimum atomic E-state index is -0.681. The molecular weight excluding hydrogens is 374 g/mol. The van der Waals surface area contributed by atoms with Crippen LogP contribution in [0.4, 0.5) is 0 Å². The molecule has 0 spiro atoms. The van der Waals surface area contributed by atoms with Gasteiger partial charge in [0.2, 0.25) is 0 Å². The molecule has 0 aliphatic heterocycles. The summed E-state index contributed by atoms with van der Waals surface area (Å²) in [6, 6.07) is 11.1.